The molecule has 268 valence electrons. The molecular weight excluding hydrogens is 628 g/mol. The molecule has 14 nitrogen and oxygen atoms in total. The van der Waals surface area contributed by atoms with Gasteiger partial charge in [-0.1, -0.05) is 26.0 Å². The van der Waals surface area contributed by atoms with Gasteiger partial charge >= 0.3 is 6.09 Å². The van der Waals surface area contributed by atoms with Crippen LogP contribution in [0.2, 0.25) is 0 Å². The normalized spacial score (nSPS) is 29.8. The van der Waals surface area contributed by atoms with Gasteiger partial charge in [0.2, 0.25) is 11.6 Å². The minimum absolute atomic E-state index is 0.00265. The van der Waals surface area contributed by atoms with Crippen LogP contribution >= 0.6 is 0 Å². The fourth-order valence-electron chi connectivity index (χ4n) is 6.08. The van der Waals surface area contributed by atoms with E-state index in [2.05, 4.69) is 5.32 Å². The Morgan fingerprint density at radius 2 is 1.69 bits per heavy atom. The summed E-state index contributed by atoms with van der Waals surface area (Å²) in [5.41, 5.74) is 5.28. The van der Waals surface area contributed by atoms with Gasteiger partial charge in [0, 0.05) is 44.8 Å². The number of ketones is 3. The maximum atomic E-state index is 14.1. The number of primary amides is 1. The summed E-state index contributed by atoms with van der Waals surface area (Å²) < 4.78 is 27.5. The van der Waals surface area contributed by atoms with Gasteiger partial charge in [-0.3, -0.25) is 19.2 Å². The van der Waals surface area contributed by atoms with Crippen LogP contribution in [0.1, 0.15) is 59.8 Å². The Hall–Kier alpha value is -3.69. The average molecular weight is 679 g/mol. The fourth-order valence-corrected chi connectivity index (χ4v) is 6.08. The van der Waals surface area contributed by atoms with E-state index in [0.717, 1.165) is 0 Å². The van der Waals surface area contributed by atoms with E-state index in [1.54, 1.807) is 32.9 Å². The van der Waals surface area contributed by atoms with Crippen LogP contribution in [0.4, 0.5) is 4.79 Å². The second-order valence-corrected chi connectivity index (χ2v) is 12.1. The molecule has 5 N–H and O–H groups in total. The molecule has 1 heterocycles. The molecule has 0 aromatic carbocycles. The number of amides is 2. The molecule has 14 heteroatoms. The molecule has 0 aromatic heterocycles. The number of hydrogen-bond donors (Lipinski definition) is 4. The SMILES string of the molecule is COC1=C2C[C@@H](C)C[C@H](OC)[C@H](O)[C@@H](C)/C=C(\C)[C@H](OC(N)=O)C(OC)CC/C=C(\C)C(=O)NC(=C(C(OC)C(=O)CCO)C1=O)C2=O. The van der Waals surface area contributed by atoms with Gasteiger partial charge in [-0.25, -0.2) is 4.79 Å². The number of methoxy groups -OCH3 is 4. The first-order chi connectivity index (χ1) is 22.7. The summed E-state index contributed by atoms with van der Waals surface area (Å²) >= 11 is 0. The quantitative estimate of drug-likeness (QED) is 0.204. The average Bonchev–Trinajstić information content (AvgIpc) is 3.04. The number of nitrogens with one attached hydrogen (secondary N) is 1. The third-order valence-electron chi connectivity index (χ3n) is 8.61. The van der Waals surface area contributed by atoms with Crippen molar-refractivity contribution in [2.75, 3.05) is 35.0 Å². The zero-order valence-corrected chi connectivity index (χ0v) is 29.0. The maximum absolute atomic E-state index is 14.1. The second-order valence-electron chi connectivity index (χ2n) is 12.1. The summed E-state index contributed by atoms with van der Waals surface area (Å²) in [5.74, 6) is -4.11. The van der Waals surface area contributed by atoms with Crippen LogP contribution in [0, 0.1) is 11.8 Å². The van der Waals surface area contributed by atoms with E-state index >= 15 is 0 Å². The van der Waals surface area contributed by atoms with Gasteiger partial charge in [0.05, 0.1) is 43.3 Å². The lowest BCUT2D eigenvalue weighted by Crippen LogP contribution is -2.42. The van der Waals surface area contributed by atoms with E-state index in [9.17, 15) is 34.2 Å². The molecule has 2 unspecified atom stereocenters. The monoisotopic (exact) mass is 678 g/mol. The number of carbonyl (C=O) groups is 5. The first-order valence-electron chi connectivity index (χ1n) is 15.8. The minimum Gasteiger partial charge on any atom is -0.492 e. The molecule has 0 aromatic rings. The predicted molar refractivity (Wildman–Crippen MR) is 173 cm³/mol. The van der Waals surface area contributed by atoms with E-state index in [4.69, 9.17) is 29.4 Å². The lowest BCUT2D eigenvalue weighted by molar-refractivity contribution is -0.130. The number of aliphatic hydroxyl groups is 2. The fraction of sp³-hybridized carbons (Fsp3) is 0.618. The van der Waals surface area contributed by atoms with Crippen molar-refractivity contribution in [3.05, 3.63) is 45.9 Å². The van der Waals surface area contributed by atoms with Crippen molar-refractivity contribution in [3.8, 4) is 0 Å². The zero-order valence-electron chi connectivity index (χ0n) is 29.0. The molecule has 1 aliphatic carbocycles. The van der Waals surface area contributed by atoms with E-state index in [1.165, 1.54) is 35.4 Å². The van der Waals surface area contributed by atoms with Gasteiger partial charge in [0.1, 0.15) is 6.10 Å². The highest BCUT2D eigenvalue weighted by Crippen LogP contribution is 2.33. The molecular formula is C34H50N2O12. The number of rotatable bonds is 9. The number of Topliss-reactive ketones (excluding diaryl/α,β-unsaturated/α-hetero) is 3. The van der Waals surface area contributed by atoms with Crippen molar-refractivity contribution in [3.63, 3.8) is 0 Å². The Labute approximate surface area is 281 Å². The van der Waals surface area contributed by atoms with E-state index in [-0.39, 0.29) is 54.9 Å². The number of carbonyl (C=O) groups excluding carboxylic acids is 5. The van der Waals surface area contributed by atoms with Crippen molar-refractivity contribution in [2.45, 2.75) is 90.3 Å². The summed E-state index contributed by atoms with van der Waals surface area (Å²) in [6.07, 6.45) is -2.17. The van der Waals surface area contributed by atoms with Gasteiger partial charge in [-0.2, -0.15) is 0 Å². The van der Waals surface area contributed by atoms with Crippen LogP contribution in [-0.4, -0.2) is 105 Å². The van der Waals surface area contributed by atoms with Crippen molar-refractivity contribution in [1.82, 2.24) is 5.32 Å². The summed E-state index contributed by atoms with van der Waals surface area (Å²) in [6, 6.07) is 0. The zero-order chi connectivity index (χ0) is 36.3. The van der Waals surface area contributed by atoms with Crippen LogP contribution < -0.4 is 11.1 Å². The van der Waals surface area contributed by atoms with E-state index < -0.39 is 83.7 Å². The highest BCUT2D eigenvalue weighted by atomic mass is 16.6. The molecule has 0 saturated carbocycles. The van der Waals surface area contributed by atoms with Crippen molar-refractivity contribution < 1.29 is 57.9 Å². The van der Waals surface area contributed by atoms with Gasteiger partial charge in [-0.15, -0.1) is 0 Å². The first kappa shape index (κ1) is 40.5. The standard InChI is InChI=1S/C34H50N2O12/c1-17-14-21-28(40)26(25(29(41)31(21)46-7)32(47-8)22(38)12-13-37)36-33(42)18(2)10-9-11-23(44-5)30(48-34(35)43)20(4)16-19(3)27(39)24(15-17)45-6/h10,16-17,19,23-24,27,30,32,37,39H,9,11-15H2,1-8H3,(H2,35,43)(H,36,42)/b18-10+,20-16+/t17-,19+,23?,24+,27-,30+,32?/m1/s1. The summed E-state index contributed by atoms with van der Waals surface area (Å²) in [7, 11) is 5.28. The van der Waals surface area contributed by atoms with Crippen LogP contribution in [0.25, 0.3) is 0 Å². The van der Waals surface area contributed by atoms with Gasteiger partial charge in [0.15, 0.2) is 17.6 Å². The number of aliphatic hydroxyl groups excluding tert-OH is 2. The molecule has 48 heavy (non-hydrogen) atoms. The van der Waals surface area contributed by atoms with Crippen molar-refractivity contribution in [2.24, 2.45) is 17.6 Å². The summed E-state index contributed by atoms with van der Waals surface area (Å²) in [6.45, 7) is 6.29. The molecule has 2 bridgehead atoms. The highest BCUT2D eigenvalue weighted by Gasteiger charge is 2.42. The summed E-state index contributed by atoms with van der Waals surface area (Å²) in [5, 5.41) is 23.3. The molecule has 1 aliphatic heterocycles. The Bertz CT molecular complexity index is 1350. The number of nitrogens with two attached hydrogens (primary N) is 1. The Morgan fingerprint density at radius 1 is 1.04 bits per heavy atom. The van der Waals surface area contributed by atoms with Crippen molar-refractivity contribution in [1.29, 1.82) is 0 Å². The Balaban J connectivity index is 2.76. The second kappa shape index (κ2) is 18.7. The van der Waals surface area contributed by atoms with Gasteiger partial charge in [0.25, 0.3) is 5.91 Å². The maximum Gasteiger partial charge on any atom is 0.405 e. The minimum atomic E-state index is -1.58. The van der Waals surface area contributed by atoms with Crippen LogP contribution in [-0.2, 0) is 42.9 Å². The largest absolute Gasteiger partial charge is 0.492 e. The number of hydrogen-bond acceptors (Lipinski definition) is 12. The Kier molecular flexibility index (Phi) is 15.8. The molecule has 0 spiro atoms. The molecule has 0 radical (unpaired) electrons. The number of ether oxygens (including phenoxy) is 5. The highest BCUT2D eigenvalue weighted by molar-refractivity contribution is 6.27. The third kappa shape index (κ3) is 9.92. The molecule has 2 aliphatic rings. The lowest BCUT2D eigenvalue weighted by Gasteiger charge is -2.31. The predicted octanol–water partition coefficient (Wildman–Crippen LogP) is 1.97. The topological polar surface area (TPSA) is 210 Å². The smallest absolute Gasteiger partial charge is 0.405 e. The van der Waals surface area contributed by atoms with E-state index in [0.29, 0.717) is 5.57 Å². The Morgan fingerprint density at radius 3 is 2.23 bits per heavy atom. The molecule has 0 fully saturated rings. The molecule has 7 atom stereocenters. The van der Waals surface area contributed by atoms with Crippen molar-refractivity contribution >= 4 is 29.4 Å². The van der Waals surface area contributed by atoms with Crippen LogP contribution in [0.5, 0.6) is 0 Å². The van der Waals surface area contributed by atoms with Crippen LogP contribution in [0.3, 0.4) is 0 Å². The molecule has 0 saturated heterocycles. The van der Waals surface area contributed by atoms with Gasteiger partial charge in [-0.05, 0) is 51.0 Å². The van der Waals surface area contributed by atoms with E-state index in [1.807, 2.05) is 0 Å². The molecule has 2 amide bonds. The lowest BCUT2D eigenvalue weighted by atomic mass is 9.82. The number of allylic oxidation sites excluding steroid dienone is 3. The van der Waals surface area contributed by atoms with Gasteiger partial charge < -0.3 is 44.9 Å². The van der Waals surface area contributed by atoms with Crippen LogP contribution in [0.15, 0.2) is 45.9 Å². The molecule has 2 rings (SSSR count). The first-order valence-corrected chi connectivity index (χ1v) is 15.8. The third-order valence-corrected chi connectivity index (χ3v) is 8.61. The number of fused-ring (bicyclic) bond motifs is 2. The summed E-state index contributed by atoms with van der Waals surface area (Å²) in [4.78, 5) is 66.3.